The second-order valence-electron chi connectivity index (χ2n) is 2.78. The number of carboxylic acid groups (broad SMARTS) is 1. The summed E-state index contributed by atoms with van der Waals surface area (Å²) >= 11 is 0. The van der Waals surface area contributed by atoms with Gasteiger partial charge in [0.2, 0.25) is 0 Å². The number of aromatic nitrogens is 1. The Labute approximate surface area is 93.2 Å². The van der Waals surface area contributed by atoms with Gasteiger partial charge < -0.3 is 5.11 Å². The van der Waals surface area contributed by atoms with E-state index < -0.39 is 17.1 Å². The van der Waals surface area contributed by atoms with E-state index in [2.05, 4.69) is 14.5 Å². The lowest BCUT2D eigenvalue weighted by atomic mass is 10.3. The number of pyridine rings is 1. The minimum Gasteiger partial charge on any atom is -0.465 e. The maximum absolute atomic E-state index is 10.3. The van der Waals surface area contributed by atoms with Gasteiger partial charge in [-0.25, -0.2) is 13.2 Å². The number of hydrogen-bond donors (Lipinski definition) is 3. The lowest BCUT2D eigenvalue weighted by molar-refractivity contribution is 0.209. The highest BCUT2D eigenvalue weighted by Crippen LogP contribution is 2.06. The molecule has 0 fully saturated rings. The smallest absolute Gasteiger partial charge is 0.409 e. The molecule has 0 spiro atoms. The summed E-state index contributed by atoms with van der Waals surface area (Å²) in [6.07, 6.45) is 0.526. The second-order valence-corrected chi connectivity index (χ2v) is 3.48. The SMILES string of the molecule is O=C(O)Nc1ccc(CCO[SH](=O)=O)nc1. The molecule has 0 aliphatic carbocycles. The quantitative estimate of drug-likeness (QED) is 0.643. The normalized spacial score (nSPS) is 10.3. The van der Waals surface area contributed by atoms with Gasteiger partial charge in [0.25, 0.3) is 11.0 Å². The van der Waals surface area contributed by atoms with Crippen LogP contribution < -0.4 is 5.32 Å². The van der Waals surface area contributed by atoms with E-state index in [4.69, 9.17) is 5.11 Å². The summed E-state index contributed by atoms with van der Waals surface area (Å²) in [5, 5.41) is 10.5. The number of carbonyl (C=O) groups is 1. The largest absolute Gasteiger partial charge is 0.465 e. The molecule has 0 saturated carbocycles. The Hall–Kier alpha value is -1.67. The Kier molecular flexibility index (Phi) is 4.67. The zero-order chi connectivity index (χ0) is 12.0. The standard InChI is InChI=1S/C8H10N2O5S/c11-8(12)10-7-2-1-6(9-5-7)3-4-15-16(13)14/h1-2,5,10,16H,3-4H2,(H,11,12). The van der Waals surface area contributed by atoms with Gasteiger partial charge in [0.05, 0.1) is 18.5 Å². The van der Waals surface area contributed by atoms with E-state index in [1.165, 1.54) is 12.3 Å². The van der Waals surface area contributed by atoms with Crippen LogP contribution in [-0.4, -0.2) is 31.2 Å². The van der Waals surface area contributed by atoms with Gasteiger partial charge in [0, 0.05) is 12.1 Å². The molecular weight excluding hydrogens is 236 g/mol. The highest BCUT2D eigenvalue weighted by molar-refractivity contribution is 7.67. The first-order valence-electron chi connectivity index (χ1n) is 4.30. The summed E-state index contributed by atoms with van der Waals surface area (Å²) in [6, 6.07) is 3.13. The van der Waals surface area contributed by atoms with Crippen molar-refractivity contribution in [2.75, 3.05) is 11.9 Å². The third-order valence-electron chi connectivity index (χ3n) is 1.63. The fourth-order valence-electron chi connectivity index (χ4n) is 0.995. The topological polar surface area (TPSA) is 106 Å². The van der Waals surface area contributed by atoms with Gasteiger partial charge in [0.1, 0.15) is 0 Å². The van der Waals surface area contributed by atoms with Crippen LogP contribution in [0.5, 0.6) is 0 Å². The van der Waals surface area contributed by atoms with Crippen LogP contribution in [0.2, 0.25) is 0 Å². The molecular formula is C8H10N2O5S. The van der Waals surface area contributed by atoms with Crippen molar-refractivity contribution in [1.82, 2.24) is 4.98 Å². The molecule has 0 atom stereocenters. The van der Waals surface area contributed by atoms with E-state index >= 15 is 0 Å². The predicted molar refractivity (Wildman–Crippen MR) is 55.9 cm³/mol. The molecule has 0 unspecified atom stereocenters. The van der Waals surface area contributed by atoms with Crippen molar-refractivity contribution in [3.05, 3.63) is 24.0 Å². The minimum absolute atomic E-state index is 0.0252. The number of nitrogens with one attached hydrogen (secondary N) is 1. The van der Waals surface area contributed by atoms with Crippen molar-refractivity contribution in [3.8, 4) is 0 Å². The highest BCUT2D eigenvalue weighted by atomic mass is 32.2. The molecule has 88 valence electrons. The summed E-state index contributed by atoms with van der Waals surface area (Å²) in [5.41, 5.74) is 0.972. The number of amides is 1. The van der Waals surface area contributed by atoms with E-state index in [9.17, 15) is 13.2 Å². The fourth-order valence-corrected chi connectivity index (χ4v) is 1.23. The van der Waals surface area contributed by atoms with Gasteiger partial charge in [-0.1, -0.05) is 0 Å². The van der Waals surface area contributed by atoms with Crippen molar-refractivity contribution < 1.29 is 22.5 Å². The first kappa shape index (κ1) is 12.4. The molecule has 0 bridgehead atoms. The van der Waals surface area contributed by atoms with Crippen LogP contribution in [0.1, 0.15) is 5.69 Å². The summed E-state index contributed by atoms with van der Waals surface area (Å²) < 4.78 is 24.5. The van der Waals surface area contributed by atoms with Crippen molar-refractivity contribution >= 4 is 22.8 Å². The van der Waals surface area contributed by atoms with Crippen LogP contribution in [-0.2, 0) is 21.6 Å². The number of anilines is 1. The molecule has 0 aliphatic rings. The zero-order valence-electron chi connectivity index (χ0n) is 8.12. The maximum atomic E-state index is 10.3. The zero-order valence-corrected chi connectivity index (χ0v) is 9.02. The van der Waals surface area contributed by atoms with Gasteiger partial charge in [0.15, 0.2) is 0 Å². The maximum Gasteiger partial charge on any atom is 0.409 e. The third kappa shape index (κ3) is 4.71. The molecule has 1 rings (SSSR count). The van der Waals surface area contributed by atoms with Gasteiger partial charge in [-0.3, -0.25) is 14.5 Å². The van der Waals surface area contributed by atoms with Crippen molar-refractivity contribution in [1.29, 1.82) is 0 Å². The van der Waals surface area contributed by atoms with Gasteiger partial charge in [-0.05, 0) is 12.1 Å². The molecule has 1 amide bonds. The van der Waals surface area contributed by atoms with Crippen molar-refractivity contribution in [2.24, 2.45) is 0 Å². The lowest BCUT2D eigenvalue weighted by Crippen LogP contribution is -2.08. The lowest BCUT2D eigenvalue weighted by Gasteiger charge is -2.02. The van der Waals surface area contributed by atoms with Gasteiger partial charge in [-0.15, -0.1) is 0 Å². The Bertz CT molecular complexity index is 421. The molecule has 0 radical (unpaired) electrons. The van der Waals surface area contributed by atoms with E-state index in [-0.39, 0.29) is 6.61 Å². The molecule has 1 aromatic heterocycles. The molecule has 1 aromatic rings. The first-order chi connectivity index (χ1) is 7.58. The number of hydrogen-bond acceptors (Lipinski definition) is 5. The number of nitrogens with zero attached hydrogens (tertiary/aromatic N) is 1. The molecule has 7 nitrogen and oxygen atoms in total. The van der Waals surface area contributed by atoms with E-state index in [0.29, 0.717) is 17.8 Å². The van der Waals surface area contributed by atoms with Crippen LogP contribution in [0.25, 0.3) is 0 Å². The van der Waals surface area contributed by atoms with Gasteiger partial charge in [-0.2, -0.15) is 0 Å². The predicted octanol–water partition coefficient (Wildman–Crippen LogP) is 0.257. The Morgan fingerprint density at radius 1 is 1.50 bits per heavy atom. The Morgan fingerprint density at radius 3 is 2.75 bits per heavy atom. The van der Waals surface area contributed by atoms with Gasteiger partial charge >= 0.3 is 6.09 Å². The third-order valence-corrected chi connectivity index (χ3v) is 2.02. The first-order valence-corrected chi connectivity index (χ1v) is 5.39. The van der Waals surface area contributed by atoms with Crippen LogP contribution in [0.3, 0.4) is 0 Å². The van der Waals surface area contributed by atoms with E-state index in [0.717, 1.165) is 0 Å². The fraction of sp³-hybridized carbons (Fsp3) is 0.250. The molecule has 8 heteroatoms. The molecule has 1 heterocycles. The monoisotopic (exact) mass is 246 g/mol. The molecule has 0 saturated heterocycles. The number of rotatable bonds is 5. The Morgan fingerprint density at radius 2 is 2.25 bits per heavy atom. The van der Waals surface area contributed by atoms with Crippen molar-refractivity contribution in [3.63, 3.8) is 0 Å². The molecule has 2 N–H and O–H groups in total. The minimum atomic E-state index is -2.83. The van der Waals surface area contributed by atoms with Crippen LogP contribution >= 0.6 is 0 Å². The second kappa shape index (κ2) is 6.03. The van der Waals surface area contributed by atoms with Crippen LogP contribution in [0, 0.1) is 0 Å². The molecule has 0 aromatic carbocycles. The van der Waals surface area contributed by atoms with E-state index in [1.807, 2.05) is 0 Å². The van der Waals surface area contributed by atoms with Crippen LogP contribution in [0.4, 0.5) is 10.5 Å². The van der Waals surface area contributed by atoms with Crippen LogP contribution in [0.15, 0.2) is 18.3 Å². The Balaban J connectivity index is 2.47. The average molecular weight is 246 g/mol. The summed E-state index contributed by atoms with van der Waals surface area (Å²) in [6.45, 7) is 0.0252. The summed E-state index contributed by atoms with van der Waals surface area (Å²) in [4.78, 5) is 14.2. The highest BCUT2D eigenvalue weighted by Gasteiger charge is 1.99. The summed E-state index contributed by atoms with van der Waals surface area (Å²) in [5.74, 6) is 0. The average Bonchev–Trinajstić information content (AvgIpc) is 2.19. The number of thiol groups is 1. The summed E-state index contributed by atoms with van der Waals surface area (Å²) in [7, 11) is -2.83. The van der Waals surface area contributed by atoms with Crippen molar-refractivity contribution in [2.45, 2.75) is 6.42 Å². The molecule has 16 heavy (non-hydrogen) atoms. The van der Waals surface area contributed by atoms with E-state index in [1.54, 1.807) is 6.07 Å². The molecule has 0 aliphatic heterocycles.